The normalized spacial score (nSPS) is 11.1. The predicted octanol–water partition coefficient (Wildman–Crippen LogP) is 4.33. The maximum Gasteiger partial charge on any atom is 0.205 e. The number of benzene rings is 2. The molecule has 2 N–H and O–H groups in total. The lowest BCUT2D eigenvalue weighted by Crippen LogP contribution is -2.02. The van der Waals surface area contributed by atoms with Crippen molar-refractivity contribution in [1.29, 1.82) is 0 Å². The molecule has 19 heavy (non-hydrogen) atoms. The smallest absolute Gasteiger partial charge is 0.205 e. The third-order valence-electron chi connectivity index (χ3n) is 3.12. The molecule has 1 heterocycles. The Labute approximate surface area is 124 Å². The second-order valence-electron chi connectivity index (χ2n) is 4.32. The Bertz CT molecular complexity index is 780. The number of hydrogen-bond acceptors (Lipinski definition) is 2. The van der Waals surface area contributed by atoms with Gasteiger partial charge < -0.3 is 5.73 Å². The molecule has 5 heteroatoms. The largest absolute Gasteiger partial charge is 0.369 e. The molecular formula is C14H11BrClN3. The number of imidazole rings is 1. The zero-order valence-corrected chi connectivity index (χ0v) is 12.5. The minimum Gasteiger partial charge on any atom is -0.369 e. The molecule has 0 spiro atoms. The summed E-state index contributed by atoms with van der Waals surface area (Å²) in [5, 5.41) is 0.716. The molecule has 0 radical (unpaired) electrons. The van der Waals surface area contributed by atoms with Crippen LogP contribution in [-0.4, -0.2) is 9.55 Å². The number of aromatic nitrogens is 2. The van der Waals surface area contributed by atoms with Gasteiger partial charge in [0.25, 0.3) is 0 Å². The summed E-state index contributed by atoms with van der Waals surface area (Å²) in [4.78, 5) is 4.38. The zero-order valence-electron chi connectivity index (χ0n) is 10.2. The van der Waals surface area contributed by atoms with Gasteiger partial charge in [-0.3, -0.25) is 4.57 Å². The first-order chi connectivity index (χ1) is 9.08. The Hall–Kier alpha value is -1.52. The molecule has 0 atom stereocenters. The molecular weight excluding hydrogens is 326 g/mol. The van der Waals surface area contributed by atoms with Crippen molar-refractivity contribution in [2.24, 2.45) is 0 Å². The van der Waals surface area contributed by atoms with Gasteiger partial charge in [-0.25, -0.2) is 4.98 Å². The second-order valence-corrected chi connectivity index (χ2v) is 5.65. The summed E-state index contributed by atoms with van der Waals surface area (Å²) in [6.07, 6.45) is 0. The number of hydrogen-bond donors (Lipinski definition) is 1. The molecule has 0 aliphatic carbocycles. The van der Waals surface area contributed by atoms with E-state index in [-0.39, 0.29) is 0 Å². The van der Waals surface area contributed by atoms with E-state index in [1.807, 2.05) is 47.9 Å². The average Bonchev–Trinajstić information content (AvgIpc) is 2.69. The van der Waals surface area contributed by atoms with Gasteiger partial charge in [-0.1, -0.05) is 33.6 Å². The molecule has 0 amide bonds. The van der Waals surface area contributed by atoms with Crippen LogP contribution < -0.4 is 5.73 Å². The quantitative estimate of drug-likeness (QED) is 0.718. The number of halogens is 2. The highest BCUT2D eigenvalue weighted by Crippen LogP contribution is 2.29. The predicted molar refractivity (Wildman–Crippen MR) is 82.9 cm³/mol. The van der Waals surface area contributed by atoms with Crippen LogP contribution in [0, 0.1) is 6.92 Å². The van der Waals surface area contributed by atoms with Crippen molar-refractivity contribution in [1.82, 2.24) is 9.55 Å². The standard InChI is InChI=1S/C14H11BrClN3/c1-8-10(16)3-2-4-12(8)19-13-7-9(15)5-6-11(13)18-14(19)17/h2-7H,1H3,(H2,17,18). The summed E-state index contributed by atoms with van der Waals surface area (Å²) in [6, 6.07) is 11.6. The molecule has 1 aromatic heterocycles. The van der Waals surface area contributed by atoms with Crippen molar-refractivity contribution in [3.63, 3.8) is 0 Å². The molecule has 2 aromatic carbocycles. The van der Waals surface area contributed by atoms with Crippen molar-refractivity contribution < 1.29 is 0 Å². The minimum absolute atomic E-state index is 0.457. The average molecular weight is 337 g/mol. The van der Waals surface area contributed by atoms with Crippen LogP contribution in [0.25, 0.3) is 16.7 Å². The molecule has 3 nitrogen and oxygen atoms in total. The SMILES string of the molecule is Cc1c(Cl)cccc1-n1c(N)nc2ccc(Br)cc21. The third kappa shape index (κ3) is 2.01. The fourth-order valence-corrected chi connectivity index (χ4v) is 2.68. The van der Waals surface area contributed by atoms with Crippen LogP contribution in [0.15, 0.2) is 40.9 Å². The number of nitrogens with zero attached hydrogens (tertiary/aromatic N) is 2. The van der Waals surface area contributed by atoms with Gasteiger partial charge in [0.1, 0.15) is 0 Å². The Balaban J connectivity index is 2.39. The van der Waals surface area contributed by atoms with Crippen molar-refractivity contribution >= 4 is 44.5 Å². The fourth-order valence-electron chi connectivity index (χ4n) is 2.16. The van der Waals surface area contributed by atoms with E-state index >= 15 is 0 Å². The van der Waals surface area contributed by atoms with Crippen molar-refractivity contribution in [3.8, 4) is 5.69 Å². The lowest BCUT2D eigenvalue weighted by molar-refractivity contribution is 1.09. The van der Waals surface area contributed by atoms with E-state index in [2.05, 4.69) is 20.9 Å². The summed E-state index contributed by atoms with van der Waals surface area (Å²) in [7, 11) is 0. The van der Waals surface area contributed by atoms with Crippen LogP contribution in [0.1, 0.15) is 5.56 Å². The van der Waals surface area contributed by atoms with Gasteiger partial charge in [0.05, 0.1) is 16.7 Å². The van der Waals surface area contributed by atoms with Gasteiger partial charge in [-0.2, -0.15) is 0 Å². The van der Waals surface area contributed by atoms with Gasteiger partial charge in [0, 0.05) is 9.50 Å². The van der Waals surface area contributed by atoms with Gasteiger partial charge >= 0.3 is 0 Å². The summed E-state index contributed by atoms with van der Waals surface area (Å²) in [5.41, 5.74) is 9.80. The molecule has 0 fully saturated rings. The van der Waals surface area contributed by atoms with Gasteiger partial charge in [-0.15, -0.1) is 0 Å². The highest BCUT2D eigenvalue weighted by molar-refractivity contribution is 9.10. The number of nitrogens with two attached hydrogens (primary N) is 1. The van der Waals surface area contributed by atoms with E-state index in [4.69, 9.17) is 17.3 Å². The summed E-state index contributed by atoms with van der Waals surface area (Å²) in [5.74, 6) is 0.457. The lowest BCUT2D eigenvalue weighted by Gasteiger charge is -2.11. The molecule has 3 aromatic rings. The topological polar surface area (TPSA) is 43.8 Å². The first-order valence-electron chi connectivity index (χ1n) is 5.77. The third-order valence-corrected chi connectivity index (χ3v) is 4.03. The maximum absolute atomic E-state index is 6.18. The van der Waals surface area contributed by atoms with E-state index in [9.17, 15) is 0 Å². The molecule has 0 saturated heterocycles. The molecule has 0 aliphatic rings. The number of anilines is 1. The van der Waals surface area contributed by atoms with Crippen LogP contribution in [-0.2, 0) is 0 Å². The Morgan fingerprint density at radius 2 is 2.05 bits per heavy atom. The maximum atomic E-state index is 6.18. The fraction of sp³-hybridized carbons (Fsp3) is 0.0714. The van der Waals surface area contributed by atoms with Crippen LogP contribution in [0.4, 0.5) is 5.95 Å². The van der Waals surface area contributed by atoms with Crippen LogP contribution in [0.5, 0.6) is 0 Å². The Kier molecular flexibility index (Phi) is 2.99. The highest BCUT2D eigenvalue weighted by Gasteiger charge is 2.13. The monoisotopic (exact) mass is 335 g/mol. The van der Waals surface area contributed by atoms with Crippen molar-refractivity contribution in [3.05, 3.63) is 51.5 Å². The number of nitrogen functional groups attached to an aromatic ring is 1. The van der Waals surface area contributed by atoms with E-state index in [1.165, 1.54) is 0 Å². The van der Waals surface area contributed by atoms with Crippen molar-refractivity contribution in [2.75, 3.05) is 5.73 Å². The first-order valence-corrected chi connectivity index (χ1v) is 6.94. The van der Waals surface area contributed by atoms with Crippen LogP contribution in [0.3, 0.4) is 0 Å². The summed E-state index contributed by atoms with van der Waals surface area (Å²) in [6.45, 7) is 1.97. The molecule has 96 valence electrons. The Morgan fingerprint density at radius 3 is 2.84 bits per heavy atom. The number of fused-ring (bicyclic) bond motifs is 1. The summed E-state index contributed by atoms with van der Waals surface area (Å²) < 4.78 is 2.90. The van der Waals surface area contributed by atoms with Gasteiger partial charge in [0.15, 0.2) is 0 Å². The van der Waals surface area contributed by atoms with Crippen LogP contribution in [0.2, 0.25) is 5.02 Å². The minimum atomic E-state index is 0.457. The molecule has 0 saturated carbocycles. The summed E-state index contributed by atoms with van der Waals surface area (Å²) >= 11 is 9.66. The molecule has 0 unspecified atom stereocenters. The first kappa shape index (κ1) is 12.5. The zero-order chi connectivity index (χ0) is 13.6. The lowest BCUT2D eigenvalue weighted by atomic mass is 10.2. The van der Waals surface area contributed by atoms with E-state index in [0.717, 1.165) is 26.8 Å². The van der Waals surface area contributed by atoms with Crippen LogP contribution >= 0.6 is 27.5 Å². The van der Waals surface area contributed by atoms with E-state index in [1.54, 1.807) is 0 Å². The Morgan fingerprint density at radius 1 is 1.26 bits per heavy atom. The van der Waals surface area contributed by atoms with E-state index in [0.29, 0.717) is 11.0 Å². The van der Waals surface area contributed by atoms with E-state index < -0.39 is 0 Å². The number of rotatable bonds is 1. The van der Waals surface area contributed by atoms with Gasteiger partial charge in [0.2, 0.25) is 5.95 Å². The molecule has 0 aliphatic heterocycles. The highest BCUT2D eigenvalue weighted by atomic mass is 79.9. The molecule has 3 rings (SSSR count). The molecule has 0 bridgehead atoms. The van der Waals surface area contributed by atoms with Crippen molar-refractivity contribution in [2.45, 2.75) is 6.92 Å². The second kappa shape index (κ2) is 4.54. The van der Waals surface area contributed by atoms with Gasteiger partial charge in [-0.05, 0) is 42.8 Å².